The van der Waals surface area contributed by atoms with Crippen LogP contribution in [0.3, 0.4) is 0 Å². The first-order valence-corrected chi connectivity index (χ1v) is 6.81. The van der Waals surface area contributed by atoms with Crippen molar-refractivity contribution in [3.05, 3.63) is 23.8 Å². The largest absolute Gasteiger partial charge is 0.490 e. The maximum absolute atomic E-state index is 5.70. The van der Waals surface area contributed by atoms with Crippen LogP contribution >= 0.6 is 0 Å². The van der Waals surface area contributed by atoms with Gasteiger partial charge in [0.05, 0.1) is 19.4 Å². The van der Waals surface area contributed by atoms with E-state index in [9.17, 15) is 0 Å². The topological polar surface area (TPSA) is 66.6 Å². The van der Waals surface area contributed by atoms with E-state index in [1.54, 1.807) is 0 Å². The molecule has 2 aliphatic heterocycles. The van der Waals surface area contributed by atoms with Gasteiger partial charge in [-0.3, -0.25) is 0 Å². The van der Waals surface area contributed by atoms with E-state index >= 15 is 0 Å². The third-order valence-corrected chi connectivity index (χ3v) is 3.33. The third kappa shape index (κ3) is 3.36. The molecule has 2 aliphatic rings. The molecule has 0 atom stereocenters. The Labute approximate surface area is 112 Å². The molecule has 4 N–H and O–H groups in total. The summed E-state index contributed by atoms with van der Waals surface area (Å²) in [6.45, 7) is 1.48. The first-order chi connectivity index (χ1) is 9.42. The van der Waals surface area contributed by atoms with Crippen molar-refractivity contribution in [3.8, 4) is 11.5 Å². The smallest absolute Gasteiger partial charge is 0.161 e. The number of rotatable bonds is 4. The van der Waals surface area contributed by atoms with Crippen LogP contribution in [0.2, 0.25) is 0 Å². The average molecular weight is 264 g/mol. The Morgan fingerprint density at radius 3 is 2.68 bits per heavy atom. The maximum Gasteiger partial charge on any atom is 0.161 e. The Hall–Kier alpha value is -1.34. The minimum atomic E-state index is 0.278. The van der Waals surface area contributed by atoms with Crippen molar-refractivity contribution in [1.82, 2.24) is 21.9 Å². The molecular formula is C13H20N4O2. The molecule has 3 rings (SSSR count). The molecule has 1 aromatic rings. The van der Waals surface area contributed by atoms with E-state index in [4.69, 9.17) is 9.47 Å². The number of fused-ring (bicyclic) bond motifs is 1. The zero-order valence-corrected chi connectivity index (χ0v) is 10.9. The maximum atomic E-state index is 5.70. The molecule has 19 heavy (non-hydrogen) atoms. The molecule has 1 aromatic carbocycles. The van der Waals surface area contributed by atoms with E-state index < -0.39 is 0 Å². The van der Waals surface area contributed by atoms with E-state index in [1.807, 2.05) is 6.07 Å². The molecule has 0 aliphatic carbocycles. The third-order valence-electron chi connectivity index (χ3n) is 3.33. The van der Waals surface area contributed by atoms with Gasteiger partial charge in [-0.15, -0.1) is 0 Å². The van der Waals surface area contributed by atoms with Crippen LogP contribution in [0.5, 0.6) is 11.5 Å². The molecule has 104 valence electrons. The first kappa shape index (κ1) is 12.7. The van der Waals surface area contributed by atoms with Crippen LogP contribution in [0.4, 0.5) is 0 Å². The van der Waals surface area contributed by atoms with Crippen LogP contribution in [0.25, 0.3) is 0 Å². The summed E-state index contributed by atoms with van der Waals surface area (Å²) in [7, 11) is 0. The number of nitrogens with one attached hydrogen (secondary N) is 4. The summed E-state index contributed by atoms with van der Waals surface area (Å²) in [5.74, 6) is 1.75. The van der Waals surface area contributed by atoms with Gasteiger partial charge in [-0.2, -0.15) is 11.1 Å². The van der Waals surface area contributed by atoms with Gasteiger partial charge in [-0.1, -0.05) is 6.07 Å². The molecule has 0 aromatic heterocycles. The van der Waals surface area contributed by atoms with Crippen molar-refractivity contribution in [2.24, 2.45) is 0 Å². The molecule has 0 radical (unpaired) electrons. The van der Waals surface area contributed by atoms with Crippen molar-refractivity contribution in [1.29, 1.82) is 0 Å². The lowest BCUT2D eigenvalue weighted by atomic mass is 10.1. The second-order valence-corrected chi connectivity index (χ2v) is 4.82. The normalized spacial score (nSPS) is 19.4. The highest BCUT2D eigenvalue weighted by atomic mass is 16.5. The molecule has 6 heteroatoms. The van der Waals surface area contributed by atoms with E-state index in [2.05, 4.69) is 34.1 Å². The highest BCUT2D eigenvalue weighted by molar-refractivity contribution is 5.43. The predicted octanol–water partition coefficient (Wildman–Crippen LogP) is 0.614. The van der Waals surface area contributed by atoms with Gasteiger partial charge in [-0.05, 0) is 37.0 Å². The van der Waals surface area contributed by atoms with Gasteiger partial charge in [0.2, 0.25) is 0 Å². The van der Waals surface area contributed by atoms with Crippen LogP contribution in [0.15, 0.2) is 18.2 Å². The van der Waals surface area contributed by atoms with Gasteiger partial charge in [0.1, 0.15) is 0 Å². The lowest BCUT2D eigenvalue weighted by Crippen LogP contribution is -2.33. The number of hydrazine groups is 3. The van der Waals surface area contributed by atoms with Gasteiger partial charge >= 0.3 is 0 Å². The van der Waals surface area contributed by atoms with E-state index in [-0.39, 0.29) is 6.17 Å². The molecule has 1 saturated heterocycles. The van der Waals surface area contributed by atoms with Gasteiger partial charge in [0, 0.05) is 6.42 Å². The average Bonchev–Trinajstić information content (AvgIpc) is 2.83. The lowest BCUT2D eigenvalue weighted by Gasteiger charge is -2.11. The number of hydrogen-bond donors (Lipinski definition) is 4. The minimum Gasteiger partial charge on any atom is -0.490 e. The molecule has 0 bridgehead atoms. The first-order valence-electron chi connectivity index (χ1n) is 6.81. The number of benzene rings is 1. The second kappa shape index (κ2) is 6.21. The number of ether oxygens (including phenoxy) is 2. The Kier molecular flexibility index (Phi) is 4.14. The van der Waals surface area contributed by atoms with E-state index in [0.717, 1.165) is 50.4 Å². The molecule has 6 nitrogen and oxygen atoms in total. The van der Waals surface area contributed by atoms with Crippen molar-refractivity contribution >= 4 is 0 Å². The zero-order valence-electron chi connectivity index (χ0n) is 10.9. The van der Waals surface area contributed by atoms with E-state index in [1.165, 1.54) is 5.56 Å². The highest BCUT2D eigenvalue weighted by Crippen LogP contribution is 2.30. The van der Waals surface area contributed by atoms with Gasteiger partial charge in [0.25, 0.3) is 0 Å². The van der Waals surface area contributed by atoms with E-state index in [0.29, 0.717) is 0 Å². The monoisotopic (exact) mass is 264 g/mol. The summed E-state index contributed by atoms with van der Waals surface area (Å²) in [6.07, 6.45) is 4.42. The Bertz CT molecular complexity index is 421. The molecule has 1 fully saturated rings. The van der Waals surface area contributed by atoms with Crippen LogP contribution in [-0.4, -0.2) is 19.4 Å². The SMILES string of the molecule is c1cc2c(cc1CCCC1NNNN1)OCCCO2. The highest BCUT2D eigenvalue weighted by Gasteiger charge is 2.13. The lowest BCUT2D eigenvalue weighted by molar-refractivity contribution is 0.297. The summed E-state index contributed by atoms with van der Waals surface area (Å²) in [5, 5.41) is 0. The Balaban J connectivity index is 1.54. The standard InChI is InChI=1S/C13H20N4O2/c1(4-13-14-16-17-15-13)3-10-5-6-11-12(9-10)19-8-2-7-18-11/h5-6,9,13-17H,1-4,7-8H2. The van der Waals surface area contributed by atoms with Crippen molar-refractivity contribution in [3.63, 3.8) is 0 Å². The van der Waals surface area contributed by atoms with Gasteiger partial charge in [0.15, 0.2) is 11.5 Å². The van der Waals surface area contributed by atoms with Gasteiger partial charge in [-0.25, -0.2) is 10.9 Å². The van der Waals surface area contributed by atoms with Crippen LogP contribution < -0.4 is 31.4 Å². The predicted molar refractivity (Wildman–Crippen MR) is 71.3 cm³/mol. The molecule has 0 saturated carbocycles. The fourth-order valence-electron chi connectivity index (χ4n) is 2.30. The summed E-state index contributed by atoms with van der Waals surface area (Å²) in [4.78, 5) is 0. The van der Waals surface area contributed by atoms with Crippen molar-refractivity contribution in [2.75, 3.05) is 13.2 Å². The molecule has 2 heterocycles. The number of hydrogen-bond acceptors (Lipinski definition) is 6. The Morgan fingerprint density at radius 1 is 1.05 bits per heavy atom. The summed E-state index contributed by atoms with van der Waals surface area (Å²) in [5.41, 5.74) is 13.1. The fraction of sp³-hybridized carbons (Fsp3) is 0.538. The van der Waals surface area contributed by atoms with Crippen LogP contribution in [0.1, 0.15) is 24.8 Å². The van der Waals surface area contributed by atoms with Crippen LogP contribution in [0, 0.1) is 0 Å². The number of aryl methyl sites for hydroxylation is 1. The molecular weight excluding hydrogens is 244 g/mol. The minimum absolute atomic E-state index is 0.278. The fourth-order valence-corrected chi connectivity index (χ4v) is 2.30. The Morgan fingerprint density at radius 2 is 1.84 bits per heavy atom. The van der Waals surface area contributed by atoms with Crippen molar-refractivity contribution in [2.45, 2.75) is 31.8 Å². The molecule has 0 amide bonds. The summed E-state index contributed by atoms with van der Waals surface area (Å²) >= 11 is 0. The second-order valence-electron chi connectivity index (χ2n) is 4.82. The van der Waals surface area contributed by atoms with Crippen LogP contribution in [-0.2, 0) is 6.42 Å². The quantitative estimate of drug-likeness (QED) is 0.639. The summed E-state index contributed by atoms with van der Waals surface area (Å²) < 4.78 is 11.3. The summed E-state index contributed by atoms with van der Waals surface area (Å²) in [6, 6.07) is 6.25. The molecule has 0 unspecified atom stereocenters. The zero-order chi connectivity index (χ0) is 12.9. The molecule has 0 spiro atoms. The van der Waals surface area contributed by atoms with Gasteiger partial charge < -0.3 is 9.47 Å². The van der Waals surface area contributed by atoms with Crippen molar-refractivity contribution < 1.29 is 9.47 Å².